The fourth-order valence-corrected chi connectivity index (χ4v) is 3.16. The quantitative estimate of drug-likeness (QED) is 0.886. The molecule has 2 aromatic rings. The van der Waals surface area contributed by atoms with Crippen LogP contribution in [0.25, 0.3) is 5.82 Å². The van der Waals surface area contributed by atoms with Gasteiger partial charge in [-0.05, 0) is 38.3 Å². The largest absolute Gasteiger partial charge is 0.391 e. The van der Waals surface area contributed by atoms with Crippen molar-refractivity contribution in [3.05, 3.63) is 45.5 Å². The molecule has 1 saturated heterocycles. The molecular formula is C17H19F3N4O2. The van der Waals surface area contributed by atoms with Crippen molar-refractivity contribution in [2.75, 3.05) is 13.1 Å². The van der Waals surface area contributed by atoms with Crippen LogP contribution in [0.15, 0.2) is 23.1 Å². The lowest BCUT2D eigenvalue weighted by Crippen LogP contribution is -2.42. The Hall–Kier alpha value is -2.58. The monoisotopic (exact) mass is 368 g/mol. The van der Waals surface area contributed by atoms with Gasteiger partial charge in [0.2, 0.25) is 5.56 Å². The number of piperidine rings is 1. The van der Waals surface area contributed by atoms with E-state index in [9.17, 15) is 22.8 Å². The summed E-state index contributed by atoms with van der Waals surface area (Å²) in [4.78, 5) is 28.3. The smallest absolute Gasteiger partial charge is 0.339 e. The van der Waals surface area contributed by atoms with Crippen molar-refractivity contribution >= 4 is 5.91 Å². The Morgan fingerprint density at radius 2 is 1.88 bits per heavy atom. The molecule has 9 heteroatoms. The van der Waals surface area contributed by atoms with Gasteiger partial charge in [-0.1, -0.05) is 0 Å². The normalized spacial score (nSPS) is 16.1. The highest BCUT2D eigenvalue weighted by molar-refractivity contribution is 5.95. The number of likely N-dealkylation sites (tertiary alicyclic amines) is 1. The van der Waals surface area contributed by atoms with E-state index in [1.165, 1.54) is 21.8 Å². The minimum absolute atomic E-state index is 0.0644. The fraction of sp³-hybridized carbons (Fsp3) is 0.471. The lowest BCUT2D eigenvalue weighted by atomic mass is 9.96. The summed E-state index contributed by atoms with van der Waals surface area (Å²) in [5, 5.41) is 4.25. The highest BCUT2D eigenvalue weighted by atomic mass is 19.4. The highest BCUT2D eigenvalue weighted by Gasteiger charge is 2.42. The maximum Gasteiger partial charge on any atom is 0.391 e. The second-order valence-electron chi connectivity index (χ2n) is 6.59. The number of hydrogen-bond donors (Lipinski definition) is 1. The number of carbonyl (C=O) groups is 1. The molecule has 6 nitrogen and oxygen atoms in total. The van der Waals surface area contributed by atoms with Crippen molar-refractivity contribution in [3.8, 4) is 5.82 Å². The molecule has 0 saturated carbocycles. The van der Waals surface area contributed by atoms with E-state index in [-0.39, 0.29) is 37.4 Å². The zero-order valence-corrected chi connectivity index (χ0v) is 14.4. The number of nitrogens with one attached hydrogen (secondary N) is 1. The molecule has 0 radical (unpaired) electrons. The van der Waals surface area contributed by atoms with E-state index in [0.717, 1.165) is 5.56 Å². The number of alkyl halides is 3. The third-order valence-corrected chi connectivity index (χ3v) is 4.60. The maximum absolute atomic E-state index is 12.8. The van der Waals surface area contributed by atoms with Crippen molar-refractivity contribution in [1.82, 2.24) is 19.7 Å². The second-order valence-corrected chi connectivity index (χ2v) is 6.59. The van der Waals surface area contributed by atoms with Gasteiger partial charge in [-0.3, -0.25) is 9.59 Å². The molecule has 0 atom stereocenters. The van der Waals surface area contributed by atoms with E-state index in [0.29, 0.717) is 17.1 Å². The summed E-state index contributed by atoms with van der Waals surface area (Å²) in [7, 11) is 0. The van der Waals surface area contributed by atoms with Gasteiger partial charge in [0.05, 0.1) is 17.2 Å². The van der Waals surface area contributed by atoms with Gasteiger partial charge in [0.25, 0.3) is 5.91 Å². The van der Waals surface area contributed by atoms with Crippen LogP contribution in [0.1, 0.15) is 34.5 Å². The first kappa shape index (κ1) is 18.2. The van der Waals surface area contributed by atoms with E-state index in [1.54, 1.807) is 19.9 Å². The van der Waals surface area contributed by atoms with Gasteiger partial charge in [0, 0.05) is 25.4 Å². The van der Waals surface area contributed by atoms with Crippen LogP contribution in [0, 0.1) is 19.8 Å². The first-order chi connectivity index (χ1) is 12.1. The molecule has 0 bridgehead atoms. The molecule has 3 heterocycles. The number of aromatic nitrogens is 3. The van der Waals surface area contributed by atoms with Crippen LogP contribution in [0.5, 0.6) is 0 Å². The number of aromatic amines is 1. The summed E-state index contributed by atoms with van der Waals surface area (Å²) in [5.74, 6) is -1.27. The van der Waals surface area contributed by atoms with Gasteiger partial charge in [0.1, 0.15) is 5.82 Å². The summed E-state index contributed by atoms with van der Waals surface area (Å²) in [6.45, 7) is 3.55. The Morgan fingerprint density at radius 3 is 2.46 bits per heavy atom. The number of carbonyl (C=O) groups excluding carboxylic acids is 1. The lowest BCUT2D eigenvalue weighted by Gasteiger charge is -2.32. The molecular weight excluding hydrogens is 349 g/mol. The topological polar surface area (TPSA) is 71.0 Å². The summed E-state index contributed by atoms with van der Waals surface area (Å²) in [6, 6.07) is 3.16. The SMILES string of the molecule is Cc1cc(-n2cc(C(=O)N3CCC(C(F)(F)F)CC3)c(C)n2)[nH]c(=O)c1. The Balaban J connectivity index is 1.79. The maximum atomic E-state index is 12.8. The Labute approximate surface area is 147 Å². The zero-order chi connectivity index (χ0) is 19.1. The van der Waals surface area contributed by atoms with Gasteiger partial charge in [-0.2, -0.15) is 18.3 Å². The van der Waals surface area contributed by atoms with Crippen LogP contribution in [-0.2, 0) is 0 Å². The molecule has 0 aliphatic carbocycles. The molecule has 1 aliphatic heterocycles. The predicted octanol–water partition coefficient (Wildman–Crippen LogP) is 2.59. The first-order valence-electron chi connectivity index (χ1n) is 8.29. The summed E-state index contributed by atoms with van der Waals surface area (Å²) >= 11 is 0. The number of aryl methyl sites for hydroxylation is 2. The van der Waals surface area contributed by atoms with Gasteiger partial charge in [-0.15, -0.1) is 0 Å². The molecule has 1 amide bonds. The third kappa shape index (κ3) is 3.66. The van der Waals surface area contributed by atoms with Crippen molar-refractivity contribution in [2.45, 2.75) is 32.9 Å². The summed E-state index contributed by atoms with van der Waals surface area (Å²) in [5.41, 5.74) is 1.24. The molecule has 1 fully saturated rings. The van der Waals surface area contributed by atoms with Crippen molar-refractivity contribution < 1.29 is 18.0 Å². The third-order valence-electron chi connectivity index (χ3n) is 4.60. The molecule has 1 aliphatic rings. The van der Waals surface area contributed by atoms with Crippen LogP contribution < -0.4 is 5.56 Å². The average molecular weight is 368 g/mol. The Morgan fingerprint density at radius 1 is 1.23 bits per heavy atom. The first-order valence-corrected chi connectivity index (χ1v) is 8.29. The minimum atomic E-state index is -4.22. The number of hydrogen-bond acceptors (Lipinski definition) is 3. The van der Waals surface area contributed by atoms with Crippen molar-refractivity contribution in [2.24, 2.45) is 5.92 Å². The molecule has 1 N–H and O–H groups in total. The molecule has 2 aromatic heterocycles. The zero-order valence-electron chi connectivity index (χ0n) is 14.4. The number of H-pyrrole nitrogens is 1. The van der Waals surface area contributed by atoms with E-state index < -0.39 is 12.1 Å². The standard InChI is InChI=1S/C17H19F3N4O2/c1-10-7-14(21-15(25)8-10)24-9-13(11(2)22-24)16(26)23-5-3-12(4-6-23)17(18,19)20/h7-9,12H,3-6H2,1-2H3,(H,21,25). The number of rotatable bonds is 2. The van der Waals surface area contributed by atoms with Crippen LogP contribution in [0.2, 0.25) is 0 Å². The highest BCUT2D eigenvalue weighted by Crippen LogP contribution is 2.34. The van der Waals surface area contributed by atoms with E-state index in [2.05, 4.69) is 10.1 Å². The van der Waals surface area contributed by atoms with E-state index in [1.807, 2.05) is 0 Å². The van der Waals surface area contributed by atoms with Gasteiger partial charge in [0.15, 0.2) is 0 Å². The fourth-order valence-electron chi connectivity index (χ4n) is 3.16. The average Bonchev–Trinajstić information content (AvgIpc) is 2.94. The Bertz CT molecular complexity index is 877. The minimum Gasteiger partial charge on any atom is -0.339 e. The van der Waals surface area contributed by atoms with Crippen molar-refractivity contribution in [1.29, 1.82) is 0 Å². The number of halogens is 3. The number of amides is 1. The molecule has 0 aromatic carbocycles. The number of pyridine rings is 1. The Kier molecular flexibility index (Phi) is 4.64. The van der Waals surface area contributed by atoms with Crippen molar-refractivity contribution in [3.63, 3.8) is 0 Å². The number of nitrogens with zero attached hydrogens (tertiary/aromatic N) is 3. The van der Waals surface area contributed by atoms with Crippen LogP contribution in [0.4, 0.5) is 13.2 Å². The van der Waals surface area contributed by atoms with Crippen LogP contribution >= 0.6 is 0 Å². The molecule has 0 spiro atoms. The summed E-state index contributed by atoms with van der Waals surface area (Å²) < 4.78 is 39.7. The van der Waals surface area contributed by atoms with E-state index in [4.69, 9.17) is 0 Å². The van der Waals surface area contributed by atoms with Crippen LogP contribution in [-0.4, -0.2) is 44.8 Å². The van der Waals surface area contributed by atoms with Gasteiger partial charge < -0.3 is 9.88 Å². The summed E-state index contributed by atoms with van der Waals surface area (Å²) in [6.07, 6.45) is -2.90. The van der Waals surface area contributed by atoms with Gasteiger partial charge in [-0.25, -0.2) is 4.68 Å². The predicted molar refractivity (Wildman–Crippen MR) is 88.3 cm³/mol. The molecule has 26 heavy (non-hydrogen) atoms. The molecule has 0 unspecified atom stereocenters. The van der Waals surface area contributed by atoms with E-state index >= 15 is 0 Å². The van der Waals surface area contributed by atoms with Gasteiger partial charge >= 0.3 is 6.18 Å². The second kappa shape index (κ2) is 6.62. The molecule has 3 rings (SSSR count). The molecule has 140 valence electrons. The van der Waals surface area contributed by atoms with Crippen LogP contribution in [0.3, 0.4) is 0 Å². The lowest BCUT2D eigenvalue weighted by molar-refractivity contribution is -0.183.